The number of nitrogens with one attached hydrogen (secondary N) is 1. The van der Waals surface area contributed by atoms with Crippen LogP contribution in [0.25, 0.3) is 0 Å². The van der Waals surface area contributed by atoms with Crippen molar-refractivity contribution in [3.05, 3.63) is 22.8 Å². The zero-order valence-corrected chi connectivity index (χ0v) is 13.2. The number of aromatic nitrogens is 1. The Kier molecular flexibility index (Phi) is 4.18. The van der Waals surface area contributed by atoms with Gasteiger partial charge in [-0.15, -0.1) is 0 Å². The fourth-order valence-electron chi connectivity index (χ4n) is 2.77. The molecule has 3 rings (SSSR count). The van der Waals surface area contributed by atoms with Crippen LogP contribution in [0.5, 0.6) is 0 Å². The average molecular weight is 294 g/mol. The van der Waals surface area contributed by atoms with Crippen molar-refractivity contribution < 1.29 is 0 Å². The summed E-state index contributed by atoms with van der Waals surface area (Å²) >= 11 is 6.27. The van der Waals surface area contributed by atoms with E-state index >= 15 is 0 Å². The van der Waals surface area contributed by atoms with Gasteiger partial charge >= 0.3 is 0 Å². The van der Waals surface area contributed by atoms with E-state index in [4.69, 9.17) is 16.6 Å². The molecule has 2 unspecified atom stereocenters. The highest BCUT2D eigenvalue weighted by Crippen LogP contribution is 2.28. The van der Waals surface area contributed by atoms with Crippen molar-refractivity contribution in [1.82, 2.24) is 10.3 Å². The summed E-state index contributed by atoms with van der Waals surface area (Å²) in [7, 11) is 0. The number of rotatable bonds is 4. The Morgan fingerprint density at radius 3 is 2.75 bits per heavy atom. The summed E-state index contributed by atoms with van der Waals surface area (Å²) in [4.78, 5) is 7.19. The third-order valence-electron chi connectivity index (χ3n) is 4.70. The highest BCUT2D eigenvalue weighted by Gasteiger charge is 2.24. The Hall–Kier alpha value is -0.800. The largest absolute Gasteiger partial charge is 0.356 e. The van der Waals surface area contributed by atoms with E-state index in [0.717, 1.165) is 48.0 Å². The summed E-state index contributed by atoms with van der Waals surface area (Å²) in [5.74, 6) is 2.63. The monoisotopic (exact) mass is 293 g/mol. The highest BCUT2D eigenvalue weighted by molar-refractivity contribution is 6.31. The van der Waals surface area contributed by atoms with Crippen LogP contribution >= 0.6 is 11.6 Å². The Labute approximate surface area is 126 Å². The molecular formula is C16H24ClN3. The quantitative estimate of drug-likeness (QED) is 0.921. The smallest absolute Gasteiger partial charge is 0.128 e. The van der Waals surface area contributed by atoms with Gasteiger partial charge < -0.3 is 10.2 Å². The first-order valence-electron chi connectivity index (χ1n) is 7.77. The van der Waals surface area contributed by atoms with Crippen molar-refractivity contribution in [2.45, 2.75) is 45.7 Å². The molecule has 1 saturated heterocycles. The molecule has 1 aromatic heterocycles. The Morgan fingerprint density at radius 2 is 2.05 bits per heavy atom. The average Bonchev–Trinajstić information content (AvgIpc) is 3.25. The third-order valence-corrected chi connectivity index (χ3v) is 5.04. The number of anilines is 1. The van der Waals surface area contributed by atoms with E-state index in [1.807, 2.05) is 6.07 Å². The molecule has 0 radical (unpaired) electrons. The van der Waals surface area contributed by atoms with E-state index in [9.17, 15) is 0 Å². The van der Waals surface area contributed by atoms with Crippen molar-refractivity contribution in [3.63, 3.8) is 0 Å². The molecule has 4 heteroatoms. The van der Waals surface area contributed by atoms with Gasteiger partial charge in [-0.05, 0) is 43.2 Å². The lowest BCUT2D eigenvalue weighted by atomic mass is 9.89. The Balaban J connectivity index is 1.70. The summed E-state index contributed by atoms with van der Waals surface area (Å²) in [5.41, 5.74) is 0.988. The Bertz CT molecular complexity index is 473. The van der Waals surface area contributed by atoms with E-state index in [0.29, 0.717) is 6.04 Å². The van der Waals surface area contributed by atoms with Crippen LogP contribution in [0, 0.1) is 11.8 Å². The van der Waals surface area contributed by atoms with E-state index in [1.165, 1.54) is 19.3 Å². The molecule has 1 saturated carbocycles. The van der Waals surface area contributed by atoms with Gasteiger partial charge in [-0.2, -0.15) is 0 Å². The van der Waals surface area contributed by atoms with Crippen LogP contribution in [-0.2, 0) is 6.54 Å². The molecule has 0 bridgehead atoms. The molecule has 20 heavy (non-hydrogen) atoms. The number of halogens is 1. The molecule has 0 amide bonds. The van der Waals surface area contributed by atoms with Crippen LogP contribution in [0.4, 0.5) is 5.82 Å². The first-order chi connectivity index (χ1) is 9.63. The van der Waals surface area contributed by atoms with E-state index in [2.05, 4.69) is 30.1 Å². The molecule has 1 aliphatic carbocycles. The molecule has 1 aliphatic heterocycles. The molecule has 0 aromatic carbocycles. The molecule has 2 aliphatic rings. The zero-order valence-electron chi connectivity index (χ0n) is 12.4. The van der Waals surface area contributed by atoms with E-state index in [-0.39, 0.29) is 0 Å². The topological polar surface area (TPSA) is 28.2 Å². The van der Waals surface area contributed by atoms with Gasteiger partial charge in [0, 0.05) is 25.7 Å². The molecule has 2 fully saturated rings. The molecule has 2 heterocycles. The minimum absolute atomic E-state index is 0.687. The minimum Gasteiger partial charge on any atom is -0.356 e. The lowest BCUT2D eigenvalue weighted by molar-refractivity contribution is 0.322. The van der Waals surface area contributed by atoms with Crippen LogP contribution in [0.15, 0.2) is 12.1 Å². The summed E-state index contributed by atoms with van der Waals surface area (Å²) in [5, 5.41) is 4.27. The fourth-order valence-corrected chi connectivity index (χ4v) is 2.94. The zero-order chi connectivity index (χ0) is 14.1. The summed E-state index contributed by atoms with van der Waals surface area (Å²) in [6.45, 7) is 7.68. The van der Waals surface area contributed by atoms with Crippen molar-refractivity contribution in [3.8, 4) is 0 Å². The van der Waals surface area contributed by atoms with Crippen LogP contribution in [0.2, 0.25) is 5.02 Å². The first-order valence-corrected chi connectivity index (χ1v) is 8.15. The van der Waals surface area contributed by atoms with Gasteiger partial charge in [0.25, 0.3) is 0 Å². The molecule has 110 valence electrons. The van der Waals surface area contributed by atoms with Gasteiger partial charge in [0.05, 0.1) is 10.7 Å². The fraction of sp³-hybridized carbons (Fsp3) is 0.688. The van der Waals surface area contributed by atoms with Crippen molar-refractivity contribution in [2.75, 3.05) is 18.0 Å². The molecule has 0 spiro atoms. The van der Waals surface area contributed by atoms with Crippen LogP contribution in [0.3, 0.4) is 0 Å². The summed E-state index contributed by atoms with van der Waals surface area (Å²) in [6, 6.07) is 4.75. The maximum Gasteiger partial charge on any atom is 0.128 e. The van der Waals surface area contributed by atoms with Gasteiger partial charge in [-0.1, -0.05) is 25.4 Å². The number of hydrogen-bond donors (Lipinski definition) is 1. The number of nitrogens with zero attached hydrogens (tertiary/aromatic N) is 2. The molecule has 2 atom stereocenters. The molecule has 1 N–H and O–H groups in total. The van der Waals surface area contributed by atoms with E-state index < -0.39 is 0 Å². The van der Waals surface area contributed by atoms with Gasteiger partial charge in [-0.25, -0.2) is 4.98 Å². The normalized spacial score (nSPS) is 26.9. The van der Waals surface area contributed by atoms with Gasteiger partial charge in [0.1, 0.15) is 5.82 Å². The van der Waals surface area contributed by atoms with Gasteiger partial charge in [0.15, 0.2) is 0 Å². The number of hydrogen-bond acceptors (Lipinski definition) is 3. The lowest BCUT2D eigenvalue weighted by Crippen LogP contribution is -2.39. The van der Waals surface area contributed by atoms with E-state index in [1.54, 1.807) is 0 Å². The second kappa shape index (κ2) is 5.90. The Morgan fingerprint density at radius 1 is 1.25 bits per heavy atom. The van der Waals surface area contributed by atoms with Crippen molar-refractivity contribution in [2.24, 2.45) is 11.8 Å². The SMILES string of the molecule is CC1CCN(c2ccc(Cl)c(CNC3CC3)n2)CC1C. The molecule has 1 aromatic rings. The molecule has 3 nitrogen and oxygen atoms in total. The maximum absolute atomic E-state index is 6.27. The highest BCUT2D eigenvalue weighted by atomic mass is 35.5. The van der Waals surface area contributed by atoms with Gasteiger partial charge in [-0.3, -0.25) is 0 Å². The van der Waals surface area contributed by atoms with Crippen LogP contribution < -0.4 is 10.2 Å². The lowest BCUT2D eigenvalue weighted by Gasteiger charge is -2.36. The predicted molar refractivity (Wildman–Crippen MR) is 84.3 cm³/mol. The third kappa shape index (κ3) is 3.26. The number of piperidine rings is 1. The number of pyridine rings is 1. The first kappa shape index (κ1) is 14.2. The van der Waals surface area contributed by atoms with Crippen LogP contribution in [0.1, 0.15) is 38.8 Å². The second-order valence-electron chi connectivity index (χ2n) is 6.44. The van der Waals surface area contributed by atoms with Gasteiger partial charge in [0.2, 0.25) is 0 Å². The summed E-state index contributed by atoms with van der Waals surface area (Å²) < 4.78 is 0. The standard InChI is InChI=1S/C16H24ClN3/c1-11-7-8-20(10-12(11)2)16-6-5-14(17)15(19-16)9-18-13-3-4-13/h5-6,11-13,18H,3-4,7-10H2,1-2H3. The van der Waals surface area contributed by atoms with Crippen LogP contribution in [-0.4, -0.2) is 24.1 Å². The maximum atomic E-state index is 6.27. The predicted octanol–water partition coefficient (Wildman–Crippen LogP) is 3.47. The van der Waals surface area contributed by atoms with Crippen molar-refractivity contribution in [1.29, 1.82) is 0 Å². The summed E-state index contributed by atoms with van der Waals surface area (Å²) in [6.07, 6.45) is 3.83. The minimum atomic E-state index is 0.687. The molecular weight excluding hydrogens is 270 g/mol. The second-order valence-corrected chi connectivity index (χ2v) is 6.85. The van der Waals surface area contributed by atoms with Crippen molar-refractivity contribution >= 4 is 17.4 Å².